The minimum Gasteiger partial charge on any atom is -0.486 e. The van der Waals surface area contributed by atoms with Crippen LogP contribution in [0.2, 0.25) is 0 Å². The van der Waals surface area contributed by atoms with Crippen molar-refractivity contribution in [2.75, 3.05) is 26.7 Å². The molecule has 1 fully saturated rings. The zero-order valence-corrected chi connectivity index (χ0v) is 15.4. The molecule has 1 aromatic rings. The van der Waals surface area contributed by atoms with E-state index in [1.54, 1.807) is 0 Å². The molecule has 1 amide bonds. The molecule has 1 aromatic carbocycles. The number of hydrogen-bond acceptors (Lipinski definition) is 5. The highest BCUT2D eigenvalue weighted by Crippen LogP contribution is 2.31. The number of amides is 1. The number of para-hydroxylation sites is 2. The second-order valence-electron chi connectivity index (χ2n) is 7.35. The van der Waals surface area contributed by atoms with Crippen molar-refractivity contribution in [1.29, 1.82) is 5.26 Å². The van der Waals surface area contributed by atoms with E-state index in [2.05, 4.69) is 11.4 Å². The number of nitrogens with one attached hydrogen (secondary N) is 1. The normalized spacial score (nSPS) is 21.5. The summed E-state index contributed by atoms with van der Waals surface area (Å²) in [6.45, 7) is 1.29. The van der Waals surface area contributed by atoms with E-state index in [1.165, 1.54) is 0 Å². The third-order valence-corrected chi connectivity index (χ3v) is 5.05. The number of ether oxygens (including phenoxy) is 2. The molecule has 6 heteroatoms. The van der Waals surface area contributed by atoms with Crippen LogP contribution in [0.1, 0.15) is 38.5 Å². The Labute approximate surface area is 155 Å². The first kappa shape index (κ1) is 18.5. The van der Waals surface area contributed by atoms with Crippen molar-refractivity contribution in [1.82, 2.24) is 10.2 Å². The fourth-order valence-corrected chi connectivity index (χ4v) is 3.71. The van der Waals surface area contributed by atoms with E-state index in [1.807, 2.05) is 36.2 Å². The number of carbonyl (C=O) groups excluding carboxylic acids is 1. The van der Waals surface area contributed by atoms with Crippen LogP contribution in [0.15, 0.2) is 24.3 Å². The number of nitrogens with zero attached hydrogens (tertiary/aromatic N) is 2. The average Bonchev–Trinajstić information content (AvgIpc) is 2.87. The van der Waals surface area contributed by atoms with Gasteiger partial charge in [-0.3, -0.25) is 9.69 Å². The van der Waals surface area contributed by atoms with Crippen molar-refractivity contribution < 1.29 is 14.3 Å². The Balaban J connectivity index is 1.49. The van der Waals surface area contributed by atoms with Gasteiger partial charge in [-0.2, -0.15) is 5.26 Å². The lowest BCUT2D eigenvalue weighted by Gasteiger charge is -2.30. The molecule has 1 heterocycles. The second kappa shape index (κ2) is 8.41. The number of hydrogen-bond donors (Lipinski definition) is 1. The smallest absolute Gasteiger partial charge is 0.235 e. The maximum atomic E-state index is 12.5. The van der Waals surface area contributed by atoms with Gasteiger partial charge < -0.3 is 14.8 Å². The number of nitriles is 1. The summed E-state index contributed by atoms with van der Waals surface area (Å²) in [6.07, 6.45) is 5.64. The van der Waals surface area contributed by atoms with E-state index >= 15 is 0 Å². The molecular formula is C20H27N3O3. The molecule has 1 N–H and O–H groups in total. The Morgan fingerprint density at radius 2 is 1.96 bits per heavy atom. The van der Waals surface area contributed by atoms with Crippen molar-refractivity contribution in [2.45, 2.75) is 50.2 Å². The van der Waals surface area contributed by atoms with Crippen LogP contribution in [0.4, 0.5) is 0 Å². The number of rotatable bonds is 5. The van der Waals surface area contributed by atoms with Crippen LogP contribution < -0.4 is 14.8 Å². The third-order valence-electron chi connectivity index (χ3n) is 5.05. The molecule has 2 aliphatic rings. The summed E-state index contributed by atoms with van der Waals surface area (Å²) in [5.41, 5.74) is -0.697. The minimum absolute atomic E-state index is 0.104. The monoisotopic (exact) mass is 357 g/mol. The molecule has 1 aliphatic carbocycles. The number of carbonyl (C=O) groups is 1. The van der Waals surface area contributed by atoms with E-state index < -0.39 is 5.54 Å². The lowest BCUT2D eigenvalue weighted by Crippen LogP contribution is -2.51. The van der Waals surface area contributed by atoms with Gasteiger partial charge in [0.05, 0.1) is 12.6 Å². The van der Waals surface area contributed by atoms with Gasteiger partial charge in [-0.1, -0.05) is 37.8 Å². The lowest BCUT2D eigenvalue weighted by atomic mass is 9.92. The maximum absolute atomic E-state index is 12.5. The van der Waals surface area contributed by atoms with Gasteiger partial charge >= 0.3 is 0 Å². The van der Waals surface area contributed by atoms with Gasteiger partial charge in [-0.05, 0) is 32.0 Å². The first-order chi connectivity index (χ1) is 12.6. The molecule has 26 heavy (non-hydrogen) atoms. The Kier molecular flexibility index (Phi) is 6.00. The SMILES string of the molecule is CN(CC(=O)NC1(C#N)CCCCCC1)CC1COc2ccccc2O1. The van der Waals surface area contributed by atoms with Gasteiger partial charge in [0.1, 0.15) is 18.2 Å². The van der Waals surface area contributed by atoms with Gasteiger partial charge in [-0.25, -0.2) is 0 Å². The van der Waals surface area contributed by atoms with Gasteiger partial charge in [0, 0.05) is 6.54 Å². The van der Waals surface area contributed by atoms with Crippen molar-refractivity contribution in [2.24, 2.45) is 0 Å². The molecule has 3 rings (SSSR count). The van der Waals surface area contributed by atoms with Crippen LogP contribution in [-0.2, 0) is 4.79 Å². The lowest BCUT2D eigenvalue weighted by molar-refractivity contribution is -0.123. The molecule has 1 saturated carbocycles. The van der Waals surface area contributed by atoms with E-state index in [9.17, 15) is 10.1 Å². The van der Waals surface area contributed by atoms with Crippen LogP contribution in [0.25, 0.3) is 0 Å². The Morgan fingerprint density at radius 1 is 1.27 bits per heavy atom. The van der Waals surface area contributed by atoms with Crippen molar-refractivity contribution >= 4 is 5.91 Å². The Hall–Kier alpha value is -2.26. The highest BCUT2D eigenvalue weighted by atomic mass is 16.6. The highest BCUT2D eigenvalue weighted by Gasteiger charge is 2.33. The Morgan fingerprint density at radius 3 is 2.65 bits per heavy atom. The molecule has 1 unspecified atom stereocenters. The summed E-state index contributed by atoms with van der Waals surface area (Å²) in [5, 5.41) is 12.6. The first-order valence-electron chi connectivity index (χ1n) is 9.39. The predicted molar refractivity (Wildman–Crippen MR) is 98.0 cm³/mol. The van der Waals surface area contributed by atoms with Crippen LogP contribution in [0.5, 0.6) is 11.5 Å². The largest absolute Gasteiger partial charge is 0.486 e. The predicted octanol–water partition coefficient (Wildman–Crippen LogP) is 2.49. The fraction of sp³-hybridized carbons (Fsp3) is 0.600. The third kappa shape index (κ3) is 4.67. The van der Waals surface area contributed by atoms with Crippen molar-refractivity contribution in [3.05, 3.63) is 24.3 Å². The van der Waals surface area contributed by atoms with Crippen LogP contribution in [0.3, 0.4) is 0 Å². The number of fused-ring (bicyclic) bond motifs is 1. The molecule has 140 valence electrons. The van der Waals surface area contributed by atoms with Gasteiger partial charge in [0.2, 0.25) is 5.91 Å². The summed E-state index contributed by atoms with van der Waals surface area (Å²) < 4.78 is 11.7. The average molecular weight is 357 g/mol. The van der Waals surface area contributed by atoms with Gasteiger partial charge in [0.15, 0.2) is 11.5 Å². The molecule has 0 saturated heterocycles. The molecule has 0 radical (unpaired) electrons. The van der Waals surface area contributed by atoms with Crippen LogP contribution in [0, 0.1) is 11.3 Å². The molecule has 6 nitrogen and oxygen atoms in total. The molecule has 0 bridgehead atoms. The molecule has 1 atom stereocenters. The molecule has 0 spiro atoms. The summed E-state index contributed by atoms with van der Waals surface area (Å²) in [4.78, 5) is 14.4. The zero-order valence-electron chi connectivity index (χ0n) is 15.4. The highest BCUT2D eigenvalue weighted by molar-refractivity contribution is 5.79. The van der Waals surface area contributed by atoms with E-state index in [0.717, 1.165) is 50.0 Å². The van der Waals surface area contributed by atoms with E-state index in [0.29, 0.717) is 13.2 Å². The maximum Gasteiger partial charge on any atom is 0.235 e. The first-order valence-corrected chi connectivity index (χ1v) is 9.39. The zero-order chi connectivity index (χ0) is 18.4. The minimum atomic E-state index is -0.697. The summed E-state index contributed by atoms with van der Waals surface area (Å²) in [7, 11) is 1.88. The summed E-state index contributed by atoms with van der Waals surface area (Å²) in [5.74, 6) is 1.39. The van der Waals surface area contributed by atoms with Gasteiger partial charge in [-0.15, -0.1) is 0 Å². The molecular weight excluding hydrogens is 330 g/mol. The second-order valence-corrected chi connectivity index (χ2v) is 7.35. The molecule has 1 aliphatic heterocycles. The van der Waals surface area contributed by atoms with Gasteiger partial charge in [0.25, 0.3) is 0 Å². The van der Waals surface area contributed by atoms with Crippen molar-refractivity contribution in [3.63, 3.8) is 0 Å². The number of benzene rings is 1. The fourth-order valence-electron chi connectivity index (χ4n) is 3.71. The van der Waals surface area contributed by atoms with E-state index in [4.69, 9.17) is 9.47 Å². The standard InChI is InChI=1S/C20H27N3O3/c1-23(12-16-14-25-17-8-4-5-9-18(17)26-16)13-19(24)22-20(15-21)10-6-2-3-7-11-20/h4-5,8-9,16H,2-3,6-7,10-14H2,1H3,(H,22,24). The number of likely N-dealkylation sites (N-methyl/N-ethyl adjacent to an activating group) is 1. The Bertz CT molecular complexity index is 663. The topological polar surface area (TPSA) is 74.6 Å². The quantitative estimate of drug-likeness (QED) is 0.820. The van der Waals surface area contributed by atoms with Crippen LogP contribution >= 0.6 is 0 Å². The van der Waals surface area contributed by atoms with E-state index in [-0.39, 0.29) is 18.6 Å². The molecule has 0 aromatic heterocycles. The summed E-state index contributed by atoms with van der Waals surface area (Å²) in [6, 6.07) is 9.96. The van der Waals surface area contributed by atoms with Crippen LogP contribution in [-0.4, -0.2) is 49.2 Å². The van der Waals surface area contributed by atoms with Crippen molar-refractivity contribution in [3.8, 4) is 17.6 Å². The summed E-state index contributed by atoms with van der Waals surface area (Å²) >= 11 is 0.